The van der Waals surface area contributed by atoms with E-state index >= 15 is 0 Å². The summed E-state index contributed by atoms with van der Waals surface area (Å²) in [6.07, 6.45) is 2.11. The van der Waals surface area contributed by atoms with Gasteiger partial charge in [-0.3, -0.25) is 0 Å². The third-order valence-electron chi connectivity index (χ3n) is 2.70. The molecule has 4 nitrogen and oxygen atoms in total. The SMILES string of the molecule is COc1cc(C)cc(OC)c1CC=C(C)C(=O)O. The van der Waals surface area contributed by atoms with Crippen LogP contribution < -0.4 is 9.47 Å². The first kappa shape index (κ1) is 14.1. The van der Waals surface area contributed by atoms with E-state index in [1.54, 1.807) is 27.2 Å². The third-order valence-corrected chi connectivity index (χ3v) is 2.70. The molecule has 0 bridgehead atoms. The fraction of sp³-hybridized carbons (Fsp3) is 0.357. The Bertz CT molecular complexity index is 450. The molecule has 98 valence electrons. The number of benzene rings is 1. The topological polar surface area (TPSA) is 55.8 Å². The van der Waals surface area contributed by atoms with Crippen LogP contribution in [0.5, 0.6) is 11.5 Å². The summed E-state index contributed by atoms with van der Waals surface area (Å²) in [6.45, 7) is 3.52. The lowest BCUT2D eigenvalue weighted by Crippen LogP contribution is -2.00. The van der Waals surface area contributed by atoms with Gasteiger partial charge >= 0.3 is 5.97 Å². The Hall–Kier alpha value is -1.97. The van der Waals surface area contributed by atoms with Crippen LogP contribution in [0.15, 0.2) is 23.8 Å². The Morgan fingerprint density at radius 1 is 1.28 bits per heavy atom. The monoisotopic (exact) mass is 250 g/mol. The van der Waals surface area contributed by atoms with Crippen molar-refractivity contribution in [3.05, 3.63) is 34.9 Å². The first-order valence-electron chi connectivity index (χ1n) is 5.61. The molecule has 0 amide bonds. The van der Waals surface area contributed by atoms with Gasteiger partial charge in [0, 0.05) is 11.1 Å². The first-order valence-corrected chi connectivity index (χ1v) is 5.61. The molecule has 0 aliphatic rings. The summed E-state index contributed by atoms with van der Waals surface area (Å²) in [7, 11) is 3.18. The zero-order chi connectivity index (χ0) is 13.7. The lowest BCUT2D eigenvalue weighted by atomic mass is 10.0. The third kappa shape index (κ3) is 3.26. The predicted octanol–water partition coefficient (Wildman–Crippen LogP) is 2.59. The molecule has 1 aromatic carbocycles. The Morgan fingerprint density at radius 2 is 1.78 bits per heavy atom. The van der Waals surface area contributed by atoms with Gasteiger partial charge in [-0.1, -0.05) is 6.08 Å². The number of hydrogen-bond acceptors (Lipinski definition) is 3. The average molecular weight is 250 g/mol. The van der Waals surface area contributed by atoms with Crippen LogP contribution in [0.25, 0.3) is 0 Å². The smallest absolute Gasteiger partial charge is 0.330 e. The number of aryl methyl sites for hydroxylation is 1. The van der Waals surface area contributed by atoms with Crippen molar-refractivity contribution in [3.63, 3.8) is 0 Å². The average Bonchev–Trinajstić information content (AvgIpc) is 2.35. The highest BCUT2D eigenvalue weighted by molar-refractivity contribution is 5.85. The summed E-state index contributed by atoms with van der Waals surface area (Å²) in [5.41, 5.74) is 2.19. The Balaban J connectivity index is 3.14. The highest BCUT2D eigenvalue weighted by Gasteiger charge is 2.11. The van der Waals surface area contributed by atoms with E-state index in [1.807, 2.05) is 19.1 Å². The minimum Gasteiger partial charge on any atom is -0.496 e. The van der Waals surface area contributed by atoms with Gasteiger partial charge in [-0.15, -0.1) is 0 Å². The van der Waals surface area contributed by atoms with Gasteiger partial charge in [0.15, 0.2) is 0 Å². The molecule has 0 saturated heterocycles. The molecule has 0 aliphatic heterocycles. The molecule has 0 aliphatic carbocycles. The van der Waals surface area contributed by atoms with Gasteiger partial charge in [0.2, 0.25) is 0 Å². The van der Waals surface area contributed by atoms with Crippen molar-refractivity contribution < 1.29 is 19.4 Å². The Labute approximate surface area is 107 Å². The minimum atomic E-state index is -0.917. The van der Waals surface area contributed by atoms with Gasteiger partial charge < -0.3 is 14.6 Å². The Kier molecular flexibility index (Phi) is 4.77. The van der Waals surface area contributed by atoms with Crippen LogP contribution in [0.1, 0.15) is 18.1 Å². The fourth-order valence-corrected chi connectivity index (χ4v) is 1.66. The highest BCUT2D eigenvalue weighted by Crippen LogP contribution is 2.31. The zero-order valence-corrected chi connectivity index (χ0v) is 11.1. The zero-order valence-electron chi connectivity index (χ0n) is 11.1. The van der Waals surface area contributed by atoms with Crippen molar-refractivity contribution in [1.29, 1.82) is 0 Å². The van der Waals surface area contributed by atoms with Gasteiger partial charge in [0.05, 0.1) is 14.2 Å². The second-order valence-corrected chi connectivity index (χ2v) is 4.04. The van der Waals surface area contributed by atoms with E-state index in [4.69, 9.17) is 14.6 Å². The molecule has 1 rings (SSSR count). The van der Waals surface area contributed by atoms with Crippen LogP contribution in [0.3, 0.4) is 0 Å². The van der Waals surface area contributed by atoms with E-state index in [9.17, 15) is 4.79 Å². The second-order valence-electron chi connectivity index (χ2n) is 4.04. The number of carbonyl (C=O) groups is 1. The summed E-state index contributed by atoms with van der Waals surface area (Å²) in [6, 6.07) is 3.81. The maximum absolute atomic E-state index is 10.8. The van der Waals surface area contributed by atoms with Crippen molar-refractivity contribution in [2.75, 3.05) is 14.2 Å². The number of allylic oxidation sites excluding steroid dienone is 1. The lowest BCUT2D eigenvalue weighted by Gasteiger charge is -2.13. The molecule has 18 heavy (non-hydrogen) atoms. The van der Waals surface area contributed by atoms with Crippen LogP contribution in [0, 0.1) is 6.92 Å². The van der Waals surface area contributed by atoms with Crippen molar-refractivity contribution in [2.45, 2.75) is 20.3 Å². The van der Waals surface area contributed by atoms with Crippen LogP contribution in [0.2, 0.25) is 0 Å². The molecule has 1 aromatic rings. The van der Waals surface area contributed by atoms with Crippen molar-refractivity contribution in [3.8, 4) is 11.5 Å². The molecule has 0 heterocycles. The minimum absolute atomic E-state index is 0.305. The first-order chi connectivity index (χ1) is 8.49. The quantitative estimate of drug-likeness (QED) is 0.816. The molecule has 0 radical (unpaired) electrons. The fourth-order valence-electron chi connectivity index (χ4n) is 1.66. The normalized spacial score (nSPS) is 11.2. The molecule has 0 fully saturated rings. The molecular formula is C14H18O4. The highest BCUT2D eigenvalue weighted by atomic mass is 16.5. The molecule has 4 heteroatoms. The Morgan fingerprint density at radius 3 is 2.17 bits per heavy atom. The van der Waals surface area contributed by atoms with Gasteiger partial charge in [0.1, 0.15) is 11.5 Å². The van der Waals surface area contributed by atoms with E-state index in [1.165, 1.54) is 0 Å². The predicted molar refractivity (Wildman–Crippen MR) is 69.4 cm³/mol. The largest absolute Gasteiger partial charge is 0.496 e. The number of ether oxygens (including phenoxy) is 2. The number of rotatable bonds is 5. The molecule has 0 unspecified atom stereocenters. The van der Waals surface area contributed by atoms with E-state index < -0.39 is 5.97 Å². The second kappa shape index (κ2) is 6.10. The molecule has 0 saturated carbocycles. The van der Waals surface area contributed by atoms with E-state index in [-0.39, 0.29) is 0 Å². The lowest BCUT2D eigenvalue weighted by molar-refractivity contribution is -0.132. The van der Waals surface area contributed by atoms with E-state index in [0.717, 1.165) is 11.1 Å². The number of aliphatic carboxylic acids is 1. The van der Waals surface area contributed by atoms with Gasteiger partial charge in [-0.2, -0.15) is 0 Å². The van der Waals surface area contributed by atoms with Crippen molar-refractivity contribution >= 4 is 5.97 Å². The van der Waals surface area contributed by atoms with Gasteiger partial charge in [-0.25, -0.2) is 4.79 Å². The number of hydrogen-bond donors (Lipinski definition) is 1. The summed E-state index contributed by atoms with van der Waals surface area (Å²) in [5.74, 6) is 0.502. The summed E-state index contributed by atoms with van der Waals surface area (Å²) < 4.78 is 10.6. The van der Waals surface area contributed by atoms with Crippen LogP contribution >= 0.6 is 0 Å². The number of carboxylic acid groups (broad SMARTS) is 1. The molecule has 0 atom stereocenters. The number of carboxylic acids is 1. The maximum Gasteiger partial charge on any atom is 0.330 e. The summed E-state index contributed by atoms with van der Waals surface area (Å²) in [4.78, 5) is 10.8. The molecule has 0 spiro atoms. The van der Waals surface area contributed by atoms with E-state index in [2.05, 4.69) is 0 Å². The maximum atomic E-state index is 10.8. The van der Waals surface area contributed by atoms with Gasteiger partial charge in [0.25, 0.3) is 0 Å². The summed E-state index contributed by atoms with van der Waals surface area (Å²) >= 11 is 0. The molecular weight excluding hydrogens is 232 g/mol. The van der Waals surface area contributed by atoms with Crippen LogP contribution in [-0.2, 0) is 11.2 Å². The number of methoxy groups -OCH3 is 2. The van der Waals surface area contributed by atoms with Crippen LogP contribution in [-0.4, -0.2) is 25.3 Å². The van der Waals surface area contributed by atoms with E-state index in [0.29, 0.717) is 23.5 Å². The van der Waals surface area contributed by atoms with Crippen molar-refractivity contribution in [1.82, 2.24) is 0 Å². The summed E-state index contributed by atoms with van der Waals surface area (Å²) in [5, 5.41) is 8.83. The molecule has 1 N–H and O–H groups in total. The standard InChI is InChI=1S/C14H18O4/c1-9-7-12(17-3)11(13(8-9)18-4)6-5-10(2)14(15)16/h5,7-8H,6H2,1-4H3,(H,15,16). The van der Waals surface area contributed by atoms with Gasteiger partial charge in [-0.05, 0) is 38.0 Å². The molecule has 0 aromatic heterocycles. The van der Waals surface area contributed by atoms with Crippen molar-refractivity contribution in [2.24, 2.45) is 0 Å². The van der Waals surface area contributed by atoms with Crippen LogP contribution in [0.4, 0.5) is 0 Å².